The van der Waals surface area contributed by atoms with E-state index in [1.54, 1.807) is 11.8 Å². The van der Waals surface area contributed by atoms with Gasteiger partial charge in [-0.05, 0) is 12.8 Å². The highest BCUT2D eigenvalue weighted by molar-refractivity contribution is 7.99. The summed E-state index contributed by atoms with van der Waals surface area (Å²) in [5, 5.41) is 9.55. The largest absolute Gasteiger partial charge is 0.377 e. The second-order valence-electron chi connectivity index (χ2n) is 5.97. The van der Waals surface area contributed by atoms with Crippen molar-refractivity contribution in [1.82, 2.24) is 15.2 Å². The molecule has 1 saturated heterocycles. The van der Waals surface area contributed by atoms with Crippen molar-refractivity contribution in [2.45, 2.75) is 24.1 Å². The van der Waals surface area contributed by atoms with Crippen LogP contribution in [0.3, 0.4) is 0 Å². The first-order valence-corrected chi connectivity index (χ1v) is 9.49. The van der Waals surface area contributed by atoms with E-state index in [-0.39, 0.29) is 0 Å². The third-order valence-electron chi connectivity index (χ3n) is 4.18. The third kappa shape index (κ3) is 3.89. The van der Waals surface area contributed by atoms with Crippen LogP contribution in [0.2, 0.25) is 0 Å². The second kappa shape index (κ2) is 7.76. The molecule has 0 unspecified atom stereocenters. The van der Waals surface area contributed by atoms with Crippen LogP contribution in [-0.2, 0) is 4.74 Å². The van der Waals surface area contributed by atoms with Gasteiger partial charge in [-0.1, -0.05) is 72.4 Å². The van der Waals surface area contributed by atoms with Crippen molar-refractivity contribution in [3.63, 3.8) is 0 Å². The lowest BCUT2D eigenvalue weighted by molar-refractivity contribution is 0.129. The SMILES string of the molecule is c1ccc(-c2nnc(SC[C@H]3CCCO3)nc2-c2ccccc2)cc1. The van der Waals surface area contributed by atoms with E-state index < -0.39 is 0 Å². The average Bonchev–Trinajstić information content (AvgIpc) is 3.21. The zero-order chi connectivity index (χ0) is 16.9. The minimum atomic E-state index is 0.308. The number of hydrogen-bond donors (Lipinski definition) is 0. The first-order valence-electron chi connectivity index (χ1n) is 8.50. The van der Waals surface area contributed by atoms with Crippen LogP contribution in [-0.4, -0.2) is 33.6 Å². The van der Waals surface area contributed by atoms with Crippen LogP contribution >= 0.6 is 11.8 Å². The summed E-state index contributed by atoms with van der Waals surface area (Å²) in [6, 6.07) is 20.3. The molecule has 0 amide bonds. The maximum atomic E-state index is 5.69. The number of thioether (sulfide) groups is 1. The van der Waals surface area contributed by atoms with Crippen molar-refractivity contribution in [3.8, 4) is 22.5 Å². The van der Waals surface area contributed by atoms with Gasteiger partial charge in [-0.15, -0.1) is 10.2 Å². The normalized spacial score (nSPS) is 16.9. The topological polar surface area (TPSA) is 47.9 Å². The van der Waals surface area contributed by atoms with E-state index in [0.29, 0.717) is 11.3 Å². The minimum absolute atomic E-state index is 0.308. The first kappa shape index (κ1) is 16.2. The van der Waals surface area contributed by atoms with E-state index in [9.17, 15) is 0 Å². The Labute approximate surface area is 151 Å². The molecule has 0 N–H and O–H groups in total. The Balaban J connectivity index is 1.67. The van der Waals surface area contributed by atoms with Gasteiger partial charge in [0, 0.05) is 23.5 Å². The number of ether oxygens (including phenoxy) is 1. The van der Waals surface area contributed by atoms with Gasteiger partial charge in [-0.3, -0.25) is 0 Å². The fourth-order valence-corrected chi connectivity index (χ4v) is 3.76. The molecule has 0 radical (unpaired) electrons. The Morgan fingerprint density at radius 3 is 2.20 bits per heavy atom. The van der Waals surface area contributed by atoms with Crippen molar-refractivity contribution in [2.24, 2.45) is 0 Å². The second-order valence-corrected chi connectivity index (χ2v) is 6.96. The quantitative estimate of drug-likeness (QED) is 0.636. The highest BCUT2D eigenvalue weighted by Gasteiger charge is 2.18. The van der Waals surface area contributed by atoms with Gasteiger partial charge in [-0.2, -0.15) is 0 Å². The molecular formula is C20H19N3OS. The summed E-state index contributed by atoms with van der Waals surface area (Å²) >= 11 is 1.62. The molecule has 1 fully saturated rings. The summed E-state index contributed by atoms with van der Waals surface area (Å²) in [5.41, 5.74) is 3.76. The summed E-state index contributed by atoms with van der Waals surface area (Å²) < 4.78 is 5.69. The molecular weight excluding hydrogens is 330 g/mol. The predicted molar refractivity (Wildman–Crippen MR) is 100 cm³/mol. The van der Waals surface area contributed by atoms with Gasteiger partial charge in [0.2, 0.25) is 5.16 Å². The number of nitrogens with zero attached hydrogens (tertiary/aromatic N) is 3. The van der Waals surface area contributed by atoms with Crippen molar-refractivity contribution in [1.29, 1.82) is 0 Å². The summed E-state index contributed by atoms with van der Waals surface area (Å²) in [4.78, 5) is 4.81. The molecule has 5 heteroatoms. The van der Waals surface area contributed by atoms with E-state index in [1.165, 1.54) is 0 Å². The molecule has 0 aliphatic carbocycles. The smallest absolute Gasteiger partial charge is 0.209 e. The number of aromatic nitrogens is 3. The Morgan fingerprint density at radius 2 is 1.56 bits per heavy atom. The molecule has 1 atom stereocenters. The summed E-state index contributed by atoms with van der Waals surface area (Å²) in [5.74, 6) is 0.876. The summed E-state index contributed by atoms with van der Waals surface area (Å²) in [6.45, 7) is 0.868. The Kier molecular flexibility index (Phi) is 5.04. The van der Waals surface area contributed by atoms with Gasteiger partial charge in [0.15, 0.2) is 0 Å². The van der Waals surface area contributed by atoms with E-state index in [4.69, 9.17) is 9.72 Å². The van der Waals surface area contributed by atoms with Crippen LogP contribution in [0.4, 0.5) is 0 Å². The van der Waals surface area contributed by atoms with Gasteiger partial charge >= 0.3 is 0 Å². The molecule has 1 aliphatic heterocycles. The van der Waals surface area contributed by atoms with Gasteiger partial charge in [-0.25, -0.2) is 4.98 Å². The zero-order valence-corrected chi connectivity index (χ0v) is 14.7. The number of hydrogen-bond acceptors (Lipinski definition) is 5. The standard InChI is InChI=1S/C20H19N3OS/c1-3-8-15(9-4-1)18-19(16-10-5-2-6-11-16)22-23-20(21-18)25-14-17-12-7-13-24-17/h1-6,8-11,17H,7,12-14H2/t17-/m1/s1. The van der Waals surface area contributed by atoms with Gasteiger partial charge < -0.3 is 4.74 Å². The first-order chi connectivity index (χ1) is 12.4. The van der Waals surface area contributed by atoms with Crippen molar-refractivity contribution in [3.05, 3.63) is 60.7 Å². The highest BCUT2D eigenvalue weighted by atomic mass is 32.2. The lowest BCUT2D eigenvalue weighted by atomic mass is 10.0. The number of benzene rings is 2. The molecule has 1 aromatic heterocycles. The van der Waals surface area contributed by atoms with Gasteiger partial charge in [0.05, 0.1) is 6.10 Å². The van der Waals surface area contributed by atoms with Crippen LogP contribution < -0.4 is 0 Å². The van der Waals surface area contributed by atoms with Gasteiger partial charge in [0.1, 0.15) is 11.4 Å². The third-order valence-corrected chi connectivity index (χ3v) is 5.15. The fourth-order valence-electron chi connectivity index (χ4n) is 2.90. The summed E-state index contributed by atoms with van der Waals surface area (Å²) in [7, 11) is 0. The lowest BCUT2D eigenvalue weighted by Crippen LogP contribution is -2.09. The Morgan fingerprint density at radius 1 is 0.880 bits per heavy atom. The average molecular weight is 349 g/mol. The predicted octanol–water partition coefficient (Wildman–Crippen LogP) is 4.48. The molecule has 2 aromatic carbocycles. The molecule has 0 saturated carbocycles. The molecule has 3 aromatic rings. The van der Waals surface area contributed by atoms with Crippen molar-refractivity contribution < 1.29 is 4.74 Å². The van der Waals surface area contributed by atoms with Crippen LogP contribution in [0.15, 0.2) is 65.8 Å². The molecule has 126 valence electrons. The Hall–Kier alpha value is -2.24. The molecule has 2 heterocycles. The van der Waals surface area contributed by atoms with Crippen molar-refractivity contribution in [2.75, 3.05) is 12.4 Å². The zero-order valence-electron chi connectivity index (χ0n) is 13.8. The monoisotopic (exact) mass is 349 g/mol. The molecule has 4 nitrogen and oxygen atoms in total. The molecule has 0 spiro atoms. The summed E-state index contributed by atoms with van der Waals surface area (Å²) in [6.07, 6.45) is 2.57. The minimum Gasteiger partial charge on any atom is -0.377 e. The van der Waals surface area contributed by atoms with Crippen LogP contribution in [0.25, 0.3) is 22.5 Å². The highest BCUT2D eigenvalue weighted by Crippen LogP contribution is 2.30. The maximum absolute atomic E-state index is 5.69. The molecule has 4 rings (SSSR count). The lowest BCUT2D eigenvalue weighted by Gasteiger charge is -2.11. The van der Waals surface area contributed by atoms with Gasteiger partial charge in [0.25, 0.3) is 0 Å². The molecule has 0 bridgehead atoms. The van der Waals surface area contributed by atoms with E-state index in [0.717, 1.165) is 47.7 Å². The number of rotatable bonds is 5. The van der Waals surface area contributed by atoms with E-state index in [1.807, 2.05) is 48.5 Å². The van der Waals surface area contributed by atoms with Crippen LogP contribution in [0, 0.1) is 0 Å². The van der Waals surface area contributed by atoms with E-state index >= 15 is 0 Å². The Bertz CT molecular complexity index is 821. The fraction of sp³-hybridized carbons (Fsp3) is 0.250. The molecule has 25 heavy (non-hydrogen) atoms. The van der Waals surface area contributed by atoms with Crippen molar-refractivity contribution >= 4 is 11.8 Å². The van der Waals surface area contributed by atoms with Crippen LogP contribution in [0.5, 0.6) is 0 Å². The van der Waals surface area contributed by atoms with E-state index in [2.05, 4.69) is 22.3 Å². The maximum Gasteiger partial charge on any atom is 0.209 e. The van der Waals surface area contributed by atoms with Crippen LogP contribution in [0.1, 0.15) is 12.8 Å². The molecule has 1 aliphatic rings.